The highest BCUT2D eigenvalue weighted by molar-refractivity contribution is 9.10. The number of anilines is 1. The first-order valence-corrected chi connectivity index (χ1v) is 6.54. The van der Waals surface area contributed by atoms with Gasteiger partial charge in [0, 0.05) is 17.4 Å². The molecule has 1 heterocycles. The van der Waals surface area contributed by atoms with Crippen LogP contribution < -0.4 is 4.90 Å². The minimum atomic E-state index is -0.739. The second-order valence-electron chi connectivity index (χ2n) is 4.01. The monoisotopic (exact) mass is 319 g/mol. The van der Waals surface area contributed by atoms with E-state index in [1.54, 1.807) is 0 Å². The van der Waals surface area contributed by atoms with E-state index < -0.39 is 11.6 Å². The van der Waals surface area contributed by atoms with Crippen LogP contribution in [0.1, 0.15) is 6.42 Å². The van der Waals surface area contributed by atoms with Crippen molar-refractivity contribution in [2.45, 2.75) is 6.42 Å². The van der Waals surface area contributed by atoms with Crippen molar-refractivity contribution in [3.05, 3.63) is 22.4 Å². The molecular formula is C11H11BrFNO2S. The Morgan fingerprint density at radius 3 is 2.88 bits per heavy atom. The molecule has 0 aliphatic carbocycles. The molecule has 6 heteroatoms. The van der Waals surface area contributed by atoms with Crippen LogP contribution >= 0.6 is 28.6 Å². The summed E-state index contributed by atoms with van der Waals surface area (Å²) in [6, 6.07) is 2.70. The molecular weight excluding hydrogens is 309 g/mol. The molecule has 1 fully saturated rings. The minimum Gasteiger partial charge on any atom is -0.503 e. The summed E-state index contributed by atoms with van der Waals surface area (Å²) < 4.78 is 13.9. The lowest BCUT2D eigenvalue weighted by molar-refractivity contribution is -0.117. The van der Waals surface area contributed by atoms with Gasteiger partial charge in [-0.15, -0.1) is 0 Å². The molecule has 1 N–H and O–H groups in total. The third-order valence-corrected chi connectivity index (χ3v) is 3.74. The molecule has 1 aliphatic rings. The zero-order valence-electron chi connectivity index (χ0n) is 8.86. The number of benzene rings is 1. The molecule has 1 amide bonds. The van der Waals surface area contributed by atoms with Crippen molar-refractivity contribution in [3.63, 3.8) is 0 Å². The van der Waals surface area contributed by atoms with Crippen molar-refractivity contribution in [1.29, 1.82) is 0 Å². The van der Waals surface area contributed by atoms with Gasteiger partial charge < -0.3 is 10.0 Å². The highest BCUT2D eigenvalue weighted by Gasteiger charge is 2.31. The minimum absolute atomic E-state index is 0.114. The first kappa shape index (κ1) is 12.7. The van der Waals surface area contributed by atoms with Gasteiger partial charge in [-0.25, -0.2) is 4.39 Å². The van der Waals surface area contributed by atoms with Crippen molar-refractivity contribution in [2.24, 2.45) is 5.92 Å². The molecule has 0 bridgehead atoms. The molecule has 1 atom stereocenters. The molecule has 0 radical (unpaired) electrons. The SMILES string of the molecule is O=C1CC(CS)CN1c1cc(Br)cc(F)c1O. The number of carbonyl (C=O) groups is 1. The van der Waals surface area contributed by atoms with E-state index in [1.165, 1.54) is 11.0 Å². The number of thiol groups is 1. The van der Waals surface area contributed by atoms with Crippen LogP contribution in [-0.2, 0) is 4.79 Å². The van der Waals surface area contributed by atoms with Gasteiger partial charge in [-0.2, -0.15) is 12.6 Å². The Morgan fingerprint density at radius 1 is 1.59 bits per heavy atom. The number of nitrogens with zero attached hydrogens (tertiary/aromatic N) is 1. The second kappa shape index (κ2) is 4.86. The summed E-state index contributed by atoms with van der Waals surface area (Å²) in [5, 5.41) is 9.65. The molecule has 0 aromatic heterocycles. The van der Waals surface area contributed by atoms with Crippen molar-refractivity contribution < 1.29 is 14.3 Å². The van der Waals surface area contributed by atoms with E-state index in [2.05, 4.69) is 28.6 Å². The van der Waals surface area contributed by atoms with Gasteiger partial charge in [-0.3, -0.25) is 4.79 Å². The van der Waals surface area contributed by atoms with Gasteiger partial charge in [-0.1, -0.05) is 15.9 Å². The normalized spacial score (nSPS) is 20.1. The predicted octanol–water partition coefficient (Wildman–Crippen LogP) is 2.58. The Hall–Kier alpha value is -0.750. The summed E-state index contributed by atoms with van der Waals surface area (Å²) in [6.07, 6.45) is 0.386. The number of hydrogen-bond acceptors (Lipinski definition) is 3. The van der Waals surface area contributed by atoms with Crippen molar-refractivity contribution in [3.8, 4) is 5.75 Å². The third-order valence-electron chi connectivity index (χ3n) is 2.76. The van der Waals surface area contributed by atoms with E-state index in [0.29, 0.717) is 23.2 Å². The lowest BCUT2D eigenvalue weighted by Crippen LogP contribution is -2.25. The smallest absolute Gasteiger partial charge is 0.227 e. The number of amides is 1. The largest absolute Gasteiger partial charge is 0.503 e. The number of aromatic hydroxyl groups is 1. The number of carbonyl (C=O) groups excluding carboxylic acids is 1. The molecule has 2 rings (SSSR count). The van der Waals surface area contributed by atoms with E-state index in [9.17, 15) is 14.3 Å². The molecule has 1 aromatic carbocycles. The van der Waals surface area contributed by atoms with Gasteiger partial charge in [0.1, 0.15) is 0 Å². The fraction of sp³-hybridized carbons (Fsp3) is 0.364. The van der Waals surface area contributed by atoms with Crippen LogP contribution in [0.3, 0.4) is 0 Å². The summed E-state index contributed by atoms with van der Waals surface area (Å²) in [7, 11) is 0. The van der Waals surface area contributed by atoms with Crippen LogP contribution in [0.4, 0.5) is 10.1 Å². The van der Waals surface area contributed by atoms with E-state index in [4.69, 9.17) is 0 Å². The molecule has 92 valence electrons. The Bertz CT molecular complexity index is 469. The van der Waals surface area contributed by atoms with Gasteiger partial charge >= 0.3 is 0 Å². The Labute approximate surface area is 112 Å². The first-order valence-electron chi connectivity index (χ1n) is 5.12. The number of phenolic OH excluding ortho intramolecular Hbond substituents is 1. The number of halogens is 2. The Balaban J connectivity index is 2.38. The van der Waals surface area contributed by atoms with E-state index in [0.717, 1.165) is 6.07 Å². The van der Waals surface area contributed by atoms with Gasteiger partial charge in [0.25, 0.3) is 0 Å². The molecule has 0 saturated carbocycles. The van der Waals surface area contributed by atoms with Gasteiger partial charge in [-0.05, 0) is 23.8 Å². The van der Waals surface area contributed by atoms with Gasteiger partial charge in [0.15, 0.2) is 11.6 Å². The number of hydrogen-bond donors (Lipinski definition) is 2. The molecule has 1 aromatic rings. The van der Waals surface area contributed by atoms with Crippen LogP contribution in [0, 0.1) is 11.7 Å². The van der Waals surface area contributed by atoms with Crippen LogP contribution in [0.2, 0.25) is 0 Å². The molecule has 0 spiro atoms. The zero-order chi connectivity index (χ0) is 12.6. The predicted molar refractivity (Wildman–Crippen MR) is 70.1 cm³/mol. The lowest BCUT2D eigenvalue weighted by Gasteiger charge is -2.18. The summed E-state index contributed by atoms with van der Waals surface area (Å²) in [5.74, 6) is -0.596. The van der Waals surface area contributed by atoms with Crippen molar-refractivity contribution >= 4 is 40.2 Å². The van der Waals surface area contributed by atoms with Crippen molar-refractivity contribution in [2.75, 3.05) is 17.2 Å². The molecule has 3 nitrogen and oxygen atoms in total. The van der Waals surface area contributed by atoms with Gasteiger partial charge in [0.2, 0.25) is 5.91 Å². The molecule has 1 unspecified atom stereocenters. The van der Waals surface area contributed by atoms with E-state index in [-0.39, 0.29) is 17.5 Å². The lowest BCUT2D eigenvalue weighted by atomic mass is 10.1. The quantitative estimate of drug-likeness (QED) is 0.823. The van der Waals surface area contributed by atoms with E-state index >= 15 is 0 Å². The van der Waals surface area contributed by atoms with Crippen LogP contribution in [0.15, 0.2) is 16.6 Å². The highest BCUT2D eigenvalue weighted by atomic mass is 79.9. The Kier molecular flexibility index (Phi) is 3.63. The third kappa shape index (κ3) is 2.42. The van der Waals surface area contributed by atoms with Gasteiger partial charge in [0.05, 0.1) is 5.69 Å². The maximum Gasteiger partial charge on any atom is 0.227 e. The highest BCUT2D eigenvalue weighted by Crippen LogP contribution is 2.36. The maximum absolute atomic E-state index is 13.4. The fourth-order valence-electron chi connectivity index (χ4n) is 1.89. The molecule has 1 aliphatic heterocycles. The Morgan fingerprint density at radius 2 is 2.29 bits per heavy atom. The van der Waals surface area contributed by atoms with Crippen LogP contribution in [0.5, 0.6) is 5.75 Å². The number of rotatable bonds is 2. The van der Waals surface area contributed by atoms with Crippen LogP contribution in [-0.4, -0.2) is 23.3 Å². The topological polar surface area (TPSA) is 40.5 Å². The molecule has 1 saturated heterocycles. The summed E-state index contributed by atoms with van der Waals surface area (Å²) in [4.78, 5) is 13.2. The van der Waals surface area contributed by atoms with Crippen LogP contribution in [0.25, 0.3) is 0 Å². The fourth-order valence-corrected chi connectivity index (χ4v) is 2.56. The second-order valence-corrected chi connectivity index (χ2v) is 5.29. The average Bonchev–Trinajstić information content (AvgIpc) is 2.65. The number of phenols is 1. The average molecular weight is 320 g/mol. The maximum atomic E-state index is 13.4. The zero-order valence-corrected chi connectivity index (χ0v) is 11.3. The van der Waals surface area contributed by atoms with Crippen molar-refractivity contribution in [1.82, 2.24) is 0 Å². The summed E-state index contributed by atoms with van der Waals surface area (Å²) in [6.45, 7) is 0.464. The summed E-state index contributed by atoms with van der Waals surface area (Å²) >= 11 is 7.29. The standard InChI is InChI=1S/C11H11BrFNO2S/c12-7-2-8(13)11(16)9(3-7)14-4-6(5-17)1-10(14)15/h2-3,6,16-17H,1,4-5H2. The van der Waals surface area contributed by atoms with E-state index in [1.807, 2.05) is 0 Å². The first-order chi connectivity index (χ1) is 8.02. The molecule has 17 heavy (non-hydrogen) atoms. The summed E-state index contributed by atoms with van der Waals surface area (Å²) in [5.41, 5.74) is 0.214.